The van der Waals surface area contributed by atoms with Crippen molar-refractivity contribution in [2.24, 2.45) is 0 Å². The molecule has 0 saturated carbocycles. The van der Waals surface area contributed by atoms with E-state index < -0.39 is 21.5 Å². The van der Waals surface area contributed by atoms with Gasteiger partial charge in [-0.1, -0.05) is 35.3 Å². The van der Waals surface area contributed by atoms with E-state index in [-0.39, 0.29) is 9.92 Å². The molecule has 5 nitrogen and oxygen atoms in total. The van der Waals surface area contributed by atoms with Crippen molar-refractivity contribution in [2.75, 3.05) is 0 Å². The summed E-state index contributed by atoms with van der Waals surface area (Å²) in [5, 5.41) is 8.46. The average molecular weight is 284 g/mol. The number of carboxylic acid groups (broad SMARTS) is 1. The summed E-state index contributed by atoms with van der Waals surface area (Å²) in [6.45, 7) is 0. The molecule has 1 aromatic carbocycles. The minimum absolute atomic E-state index is 0.00995. The highest BCUT2D eigenvalue weighted by Crippen LogP contribution is 2.20. The molecule has 0 fully saturated rings. The van der Waals surface area contributed by atoms with Crippen molar-refractivity contribution in [2.45, 2.75) is 10.4 Å². The van der Waals surface area contributed by atoms with Gasteiger partial charge in [-0.2, -0.15) is 4.72 Å². The van der Waals surface area contributed by atoms with Crippen LogP contribution in [0.4, 0.5) is 0 Å². The number of sulfonamides is 1. The maximum Gasteiger partial charge on any atom is 0.337 e. The lowest BCUT2D eigenvalue weighted by Gasteiger charge is -2.09. The fourth-order valence-electron chi connectivity index (χ4n) is 0.913. The topological polar surface area (TPSA) is 83.5 Å². The zero-order chi connectivity index (χ0) is 12.3. The van der Waals surface area contributed by atoms with Crippen LogP contribution in [-0.4, -0.2) is 25.0 Å². The van der Waals surface area contributed by atoms with E-state index in [1.54, 1.807) is 10.8 Å². The molecule has 16 heavy (non-hydrogen) atoms. The Bertz CT molecular complexity index is 503. The fourth-order valence-corrected chi connectivity index (χ4v) is 2.79. The molecule has 0 radical (unpaired) electrons. The smallest absolute Gasteiger partial charge is 0.337 e. The number of aliphatic carboxylic acids is 1. The van der Waals surface area contributed by atoms with Crippen LogP contribution in [0.5, 0.6) is 0 Å². The summed E-state index contributed by atoms with van der Waals surface area (Å²) in [6, 6.07) is 5.64. The van der Waals surface area contributed by atoms with Crippen molar-refractivity contribution >= 4 is 39.2 Å². The van der Waals surface area contributed by atoms with Crippen LogP contribution in [0.3, 0.4) is 0 Å². The highest BCUT2D eigenvalue weighted by atomic mass is 35.5. The Morgan fingerprint density at radius 3 is 2.44 bits per heavy atom. The molecule has 1 aromatic rings. The van der Waals surface area contributed by atoms with Gasteiger partial charge >= 0.3 is 5.97 Å². The van der Waals surface area contributed by atoms with E-state index in [2.05, 4.69) is 0 Å². The molecular weight excluding hydrogens is 277 g/mol. The number of carboxylic acids is 1. The highest BCUT2D eigenvalue weighted by Gasteiger charge is 2.24. The van der Waals surface area contributed by atoms with Crippen molar-refractivity contribution in [3.05, 3.63) is 29.3 Å². The second-order valence-electron chi connectivity index (χ2n) is 2.75. The number of nitrogens with one attached hydrogen (secondary N) is 1. The summed E-state index contributed by atoms with van der Waals surface area (Å²) >= 11 is 10.9. The number of halogens is 2. The summed E-state index contributed by atoms with van der Waals surface area (Å²) < 4.78 is 25.0. The maximum absolute atomic E-state index is 11.6. The normalized spacial score (nSPS) is 13.4. The molecule has 1 unspecified atom stereocenters. The largest absolute Gasteiger partial charge is 0.479 e. The molecule has 8 heteroatoms. The van der Waals surface area contributed by atoms with Crippen LogP contribution in [0.2, 0.25) is 5.02 Å². The minimum Gasteiger partial charge on any atom is -0.479 e. The molecule has 0 aliphatic heterocycles. The molecule has 0 aromatic heterocycles. The Morgan fingerprint density at radius 2 is 1.94 bits per heavy atom. The maximum atomic E-state index is 11.6. The first-order valence-corrected chi connectivity index (χ1v) is 6.28. The van der Waals surface area contributed by atoms with Crippen LogP contribution < -0.4 is 4.72 Å². The third-order valence-corrected chi connectivity index (χ3v) is 3.95. The van der Waals surface area contributed by atoms with Gasteiger partial charge in [-0.15, -0.1) is 0 Å². The van der Waals surface area contributed by atoms with Gasteiger partial charge in [0.1, 0.15) is 4.90 Å². The van der Waals surface area contributed by atoms with Crippen LogP contribution >= 0.6 is 23.2 Å². The molecule has 0 aliphatic rings. The van der Waals surface area contributed by atoms with Gasteiger partial charge in [-0.3, -0.25) is 0 Å². The van der Waals surface area contributed by atoms with E-state index in [0.29, 0.717) is 0 Å². The van der Waals surface area contributed by atoms with Gasteiger partial charge in [0.05, 0.1) is 5.02 Å². The molecule has 0 aliphatic carbocycles. The monoisotopic (exact) mass is 283 g/mol. The summed E-state index contributed by atoms with van der Waals surface area (Å²) in [4.78, 5) is 10.2. The highest BCUT2D eigenvalue weighted by molar-refractivity contribution is 7.89. The second-order valence-corrected chi connectivity index (χ2v) is 5.28. The summed E-state index contributed by atoms with van der Waals surface area (Å²) in [5.41, 5.74) is -1.73. The predicted octanol–water partition coefficient (Wildman–Crippen LogP) is 1.27. The molecule has 0 spiro atoms. The standard InChI is InChI=1S/C8H7Cl2NO4S/c9-5-3-1-2-4-6(5)16(14,15)11-7(10)8(12)13/h1-4,7,11H,(H,12,13). The number of hydrogen-bond acceptors (Lipinski definition) is 3. The molecule has 0 bridgehead atoms. The SMILES string of the molecule is O=C(O)C(Cl)NS(=O)(=O)c1ccccc1Cl. The van der Waals surface area contributed by atoms with Gasteiger partial charge < -0.3 is 5.11 Å². The van der Waals surface area contributed by atoms with Crippen molar-refractivity contribution in [3.63, 3.8) is 0 Å². The Labute approximate surface area is 102 Å². The Hall–Kier alpha value is -0.820. The lowest BCUT2D eigenvalue weighted by atomic mass is 10.4. The average Bonchev–Trinajstić information content (AvgIpc) is 2.17. The third kappa shape index (κ3) is 3.08. The van der Waals surface area contributed by atoms with Crippen LogP contribution in [0, 0.1) is 0 Å². The van der Waals surface area contributed by atoms with Gasteiger partial charge in [0, 0.05) is 0 Å². The van der Waals surface area contributed by atoms with Gasteiger partial charge in [0.15, 0.2) is 5.50 Å². The van der Waals surface area contributed by atoms with E-state index in [0.717, 1.165) is 0 Å². The number of hydrogen-bond donors (Lipinski definition) is 2. The van der Waals surface area contributed by atoms with Crippen molar-refractivity contribution < 1.29 is 18.3 Å². The first-order chi connectivity index (χ1) is 7.34. The molecular formula is C8H7Cl2NO4S. The number of rotatable bonds is 4. The molecule has 0 heterocycles. The van der Waals surface area contributed by atoms with Gasteiger partial charge in [-0.25, -0.2) is 13.2 Å². The zero-order valence-corrected chi connectivity index (χ0v) is 10.1. The predicted molar refractivity (Wildman–Crippen MR) is 59.1 cm³/mol. The van der Waals surface area contributed by atoms with E-state index in [1.165, 1.54) is 18.2 Å². The van der Waals surface area contributed by atoms with Gasteiger partial charge in [0.2, 0.25) is 10.0 Å². The van der Waals surface area contributed by atoms with E-state index in [9.17, 15) is 13.2 Å². The van der Waals surface area contributed by atoms with Crippen LogP contribution in [0.25, 0.3) is 0 Å². The zero-order valence-electron chi connectivity index (χ0n) is 7.72. The molecule has 2 N–H and O–H groups in total. The summed E-state index contributed by atoms with van der Waals surface area (Å²) in [7, 11) is -4.03. The Kier molecular flexibility index (Phi) is 4.15. The minimum atomic E-state index is -4.03. The number of alkyl halides is 1. The summed E-state index contributed by atoms with van der Waals surface area (Å²) in [5.74, 6) is -1.49. The molecule has 0 saturated heterocycles. The van der Waals surface area contributed by atoms with Gasteiger partial charge in [-0.05, 0) is 12.1 Å². The van der Waals surface area contributed by atoms with E-state index in [1.807, 2.05) is 0 Å². The quantitative estimate of drug-likeness (QED) is 0.644. The van der Waals surface area contributed by atoms with Crippen LogP contribution in [0.15, 0.2) is 29.2 Å². The van der Waals surface area contributed by atoms with Crippen molar-refractivity contribution in [1.82, 2.24) is 4.72 Å². The third-order valence-electron chi connectivity index (χ3n) is 1.60. The Morgan fingerprint density at radius 1 is 1.38 bits per heavy atom. The number of benzene rings is 1. The molecule has 0 amide bonds. The van der Waals surface area contributed by atoms with Gasteiger partial charge in [0.25, 0.3) is 0 Å². The van der Waals surface area contributed by atoms with Crippen LogP contribution in [-0.2, 0) is 14.8 Å². The van der Waals surface area contributed by atoms with Crippen molar-refractivity contribution in [1.29, 1.82) is 0 Å². The van der Waals surface area contributed by atoms with E-state index >= 15 is 0 Å². The molecule has 1 rings (SSSR count). The van der Waals surface area contributed by atoms with Crippen molar-refractivity contribution in [3.8, 4) is 0 Å². The summed E-state index contributed by atoms with van der Waals surface area (Å²) in [6.07, 6.45) is 0. The molecule has 1 atom stereocenters. The first kappa shape index (κ1) is 13.2. The number of carbonyl (C=O) groups is 1. The fraction of sp³-hybridized carbons (Fsp3) is 0.125. The lowest BCUT2D eigenvalue weighted by molar-refractivity contribution is -0.136. The Balaban J connectivity index is 3.04. The first-order valence-electron chi connectivity index (χ1n) is 3.98. The second kappa shape index (κ2) is 5.01. The van der Waals surface area contributed by atoms with Crippen LogP contribution in [0.1, 0.15) is 0 Å². The molecule has 88 valence electrons. The lowest BCUT2D eigenvalue weighted by Crippen LogP contribution is -2.36. The van der Waals surface area contributed by atoms with E-state index in [4.69, 9.17) is 28.3 Å².